The molecule has 5 nitrogen and oxygen atoms in total. The molecule has 2 aliphatic heterocycles. The smallest absolute Gasteiger partial charge is 0.321 e. The first-order valence-electron chi connectivity index (χ1n) is 6.96. The third-order valence-corrected chi connectivity index (χ3v) is 4.19. The van der Waals surface area contributed by atoms with Crippen LogP contribution in [-0.4, -0.2) is 36.5 Å². The summed E-state index contributed by atoms with van der Waals surface area (Å²) in [4.78, 5) is 25.4. The summed E-state index contributed by atoms with van der Waals surface area (Å²) in [5, 5.41) is 5.80. The molecule has 1 spiro atoms. The first kappa shape index (κ1) is 13.0. The van der Waals surface area contributed by atoms with Crippen LogP contribution in [0.25, 0.3) is 0 Å². The van der Waals surface area contributed by atoms with E-state index in [0.29, 0.717) is 26.1 Å². The number of hydrogen-bond donors (Lipinski definition) is 2. The van der Waals surface area contributed by atoms with E-state index in [-0.39, 0.29) is 17.4 Å². The van der Waals surface area contributed by atoms with Crippen LogP contribution in [0, 0.1) is 12.3 Å². The molecule has 106 valence electrons. The van der Waals surface area contributed by atoms with E-state index in [0.717, 1.165) is 17.7 Å². The Morgan fingerprint density at radius 3 is 3.00 bits per heavy atom. The molecular weight excluding hydrogens is 254 g/mol. The molecule has 2 aliphatic rings. The van der Waals surface area contributed by atoms with Gasteiger partial charge in [-0.15, -0.1) is 0 Å². The quantitative estimate of drug-likeness (QED) is 0.818. The van der Waals surface area contributed by atoms with Crippen molar-refractivity contribution in [3.63, 3.8) is 0 Å². The minimum absolute atomic E-state index is 0.0406. The number of aryl methyl sites for hydroxylation is 1. The van der Waals surface area contributed by atoms with Gasteiger partial charge < -0.3 is 15.5 Å². The molecule has 3 rings (SSSR count). The van der Waals surface area contributed by atoms with Gasteiger partial charge in [0.25, 0.3) is 0 Å². The zero-order chi connectivity index (χ0) is 14.2. The molecule has 1 atom stereocenters. The summed E-state index contributed by atoms with van der Waals surface area (Å²) in [6, 6.07) is 7.68. The molecule has 0 bridgehead atoms. The van der Waals surface area contributed by atoms with Gasteiger partial charge in [-0.3, -0.25) is 4.79 Å². The number of amides is 3. The zero-order valence-corrected chi connectivity index (χ0v) is 11.6. The first-order valence-corrected chi connectivity index (χ1v) is 6.96. The molecule has 0 aliphatic carbocycles. The summed E-state index contributed by atoms with van der Waals surface area (Å²) in [5.41, 5.74) is 1.89. The summed E-state index contributed by atoms with van der Waals surface area (Å²) in [7, 11) is 0. The van der Waals surface area contributed by atoms with Gasteiger partial charge in [0, 0.05) is 37.2 Å². The Hall–Kier alpha value is -2.04. The molecule has 0 saturated carbocycles. The number of nitrogens with zero attached hydrogens (tertiary/aromatic N) is 1. The predicted octanol–water partition coefficient (Wildman–Crippen LogP) is 1.74. The standard InChI is InChI=1S/C15H19N3O2/c1-11-3-2-4-12(7-11)17-14(20)18-6-5-15(10-18)8-13(19)16-9-15/h2-4,7H,5-6,8-10H2,1H3,(H,16,19)(H,17,20). The van der Waals surface area contributed by atoms with E-state index >= 15 is 0 Å². The highest BCUT2D eigenvalue weighted by atomic mass is 16.2. The minimum atomic E-state index is -0.0770. The molecule has 5 heteroatoms. The molecule has 2 fully saturated rings. The average molecular weight is 273 g/mol. The predicted molar refractivity (Wildman–Crippen MR) is 76.4 cm³/mol. The number of likely N-dealkylation sites (tertiary alicyclic amines) is 1. The fourth-order valence-corrected chi connectivity index (χ4v) is 3.07. The second kappa shape index (κ2) is 4.81. The molecule has 2 heterocycles. The Morgan fingerprint density at radius 1 is 1.45 bits per heavy atom. The summed E-state index contributed by atoms with van der Waals surface area (Å²) in [6.45, 7) is 4.06. The van der Waals surface area contributed by atoms with Gasteiger partial charge in [0.1, 0.15) is 0 Å². The number of hydrogen-bond acceptors (Lipinski definition) is 2. The van der Waals surface area contributed by atoms with E-state index in [4.69, 9.17) is 0 Å². The molecule has 1 aromatic carbocycles. The highest BCUT2D eigenvalue weighted by molar-refractivity contribution is 5.90. The molecule has 2 saturated heterocycles. The Morgan fingerprint density at radius 2 is 2.30 bits per heavy atom. The molecule has 1 unspecified atom stereocenters. The fraction of sp³-hybridized carbons (Fsp3) is 0.467. The Labute approximate surface area is 118 Å². The van der Waals surface area contributed by atoms with Crippen molar-refractivity contribution in [1.82, 2.24) is 10.2 Å². The van der Waals surface area contributed by atoms with Crippen molar-refractivity contribution in [3.8, 4) is 0 Å². The topological polar surface area (TPSA) is 61.4 Å². The SMILES string of the molecule is Cc1cccc(NC(=O)N2CCC3(CNC(=O)C3)C2)c1. The van der Waals surface area contributed by atoms with Gasteiger partial charge in [0.2, 0.25) is 5.91 Å². The largest absolute Gasteiger partial charge is 0.355 e. The van der Waals surface area contributed by atoms with E-state index in [2.05, 4.69) is 10.6 Å². The van der Waals surface area contributed by atoms with E-state index < -0.39 is 0 Å². The molecule has 1 aromatic rings. The number of benzene rings is 1. The molecule has 20 heavy (non-hydrogen) atoms. The van der Waals surface area contributed by atoms with Gasteiger partial charge in [-0.25, -0.2) is 4.79 Å². The molecule has 0 aromatic heterocycles. The Bertz CT molecular complexity index is 558. The summed E-state index contributed by atoms with van der Waals surface area (Å²) in [5.74, 6) is 0.103. The lowest BCUT2D eigenvalue weighted by molar-refractivity contribution is -0.119. The van der Waals surface area contributed by atoms with Gasteiger partial charge in [-0.1, -0.05) is 12.1 Å². The van der Waals surface area contributed by atoms with Crippen LogP contribution >= 0.6 is 0 Å². The second-order valence-corrected chi connectivity index (χ2v) is 5.92. The molecule has 0 radical (unpaired) electrons. The van der Waals surface area contributed by atoms with Crippen molar-refractivity contribution < 1.29 is 9.59 Å². The number of carbonyl (C=O) groups excluding carboxylic acids is 2. The van der Waals surface area contributed by atoms with Gasteiger partial charge in [0.05, 0.1) is 0 Å². The van der Waals surface area contributed by atoms with Crippen molar-refractivity contribution in [2.24, 2.45) is 5.41 Å². The lowest BCUT2D eigenvalue weighted by atomic mass is 9.86. The maximum Gasteiger partial charge on any atom is 0.321 e. The maximum atomic E-state index is 12.3. The lowest BCUT2D eigenvalue weighted by Crippen LogP contribution is -2.36. The van der Waals surface area contributed by atoms with E-state index in [9.17, 15) is 9.59 Å². The molecule has 2 N–H and O–H groups in total. The van der Waals surface area contributed by atoms with Crippen molar-refractivity contribution in [3.05, 3.63) is 29.8 Å². The number of rotatable bonds is 1. The van der Waals surface area contributed by atoms with Crippen LogP contribution in [0.3, 0.4) is 0 Å². The van der Waals surface area contributed by atoms with Crippen molar-refractivity contribution in [2.45, 2.75) is 19.8 Å². The highest BCUT2D eigenvalue weighted by Crippen LogP contribution is 2.36. The average Bonchev–Trinajstić information content (AvgIpc) is 2.97. The number of nitrogens with one attached hydrogen (secondary N) is 2. The van der Waals surface area contributed by atoms with Gasteiger partial charge in [-0.05, 0) is 31.0 Å². The van der Waals surface area contributed by atoms with E-state index in [1.807, 2.05) is 36.1 Å². The Balaban J connectivity index is 1.63. The lowest BCUT2D eigenvalue weighted by Gasteiger charge is -2.22. The van der Waals surface area contributed by atoms with Crippen molar-refractivity contribution >= 4 is 17.6 Å². The normalized spacial score (nSPS) is 25.1. The maximum absolute atomic E-state index is 12.3. The van der Waals surface area contributed by atoms with Crippen LogP contribution in [0.4, 0.5) is 10.5 Å². The van der Waals surface area contributed by atoms with Gasteiger partial charge in [0.15, 0.2) is 0 Å². The molecule has 3 amide bonds. The summed E-state index contributed by atoms with van der Waals surface area (Å²) < 4.78 is 0. The van der Waals surface area contributed by atoms with Crippen LogP contribution in [-0.2, 0) is 4.79 Å². The fourth-order valence-electron chi connectivity index (χ4n) is 3.07. The van der Waals surface area contributed by atoms with Gasteiger partial charge in [-0.2, -0.15) is 0 Å². The highest BCUT2D eigenvalue weighted by Gasteiger charge is 2.45. The summed E-state index contributed by atoms with van der Waals surface area (Å²) >= 11 is 0. The number of urea groups is 1. The van der Waals surface area contributed by atoms with Crippen molar-refractivity contribution in [2.75, 3.05) is 25.0 Å². The third kappa shape index (κ3) is 2.48. The Kier molecular flexibility index (Phi) is 3.12. The second-order valence-electron chi connectivity index (χ2n) is 5.92. The van der Waals surface area contributed by atoms with Crippen LogP contribution in [0.2, 0.25) is 0 Å². The van der Waals surface area contributed by atoms with Crippen LogP contribution < -0.4 is 10.6 Å². The third-order valence-electron chi connectivity index (χ3n) is 4.19. The zero-order valence-electron chi connectivity index (χ0n) is 11.6. The van der Waals surface area contributed by atoms with E-state index in [1.54, 1.807) is 0 Å². The van der Waals surface area contributed by atoms with Crippen LogP contribution in [0.1, 0.15) is 18.4 Å². The molecular formula is C15H19N3O2. The van der Waals surface area contributed by atoms with Gasteiger partial charge >= 0.3 is 6.03 Å². The first-order chi connectivity index (χ1) is 9.56. The monoisotopic (exact) mass is 273 g/mol. The number of carbonyl (C=O) groups is 2. The summed E-state index contributed by atoms with van der Waals surface area (Å²) in [6.07, 6.45) is 1.44. The van der Waals surface area contributed by atoms with Crippen LogP contribution in [0.15, 0.2) is 24.3 Å². The van der Waals surface area contributed by atoms with Crippen molar-refractivity contribution in [1.29, 1.82) is 0 Å². The van der Waals surface area contributed by atoms with Crippen LogP contribution in [0.5, 0.6) is 0 Å². The van der Waals surface area contributed by atoms with E-state index in [1.165, 1.54) is 0 Å². The number of anilines is 1. The minimum Gasteiger partial charge on any atom is -0.355 e.